The maximum atomic E-state index is 5.76. The van der Waals surface area contributed by atoms with Crippen LogP contribution in [0.15, 0.2) is 24.0 Å². The Balaban J connectivity index is 0.00000112. The van der Waals surface area contributed by atoms with E-state index < -0.39 is 0 Å². The zero-order valence-electron chi connectivity index (χ0n) is 8.67. The van der Waals surface area contributed by atoms with Gasteiger partial charge < -0.3 is 10.1 Å². The molecule has 14 heavy (non-hydrogen) atoms. The SMILES string of the molecule is C1=CC(OCC2CCCNC2)=CCC1.[HH]. The normalized spacial score (nSPS) is 27.1. The number of hydrogen-bond acceptors (Lipinski definition) is 2. The first-order valence-corrected chi connectivity index (χ1v) is 5.65. The summed E-state index contributed by atoms with van der Waals surface area (Å²) in [6.45, 7) is 3.18. The smallest absolute Gasteiger partial charge is 0.115 e. The summed E-state index contributed by atoms with van der Waals surface area (Å²) in [6.07, 6.45) is 11.4. The zero-order chi connectivity index (χ0) is 9.64. The first-order valence-electron chi connectivity index (χ1n) is 5.65. The van der Waals surface area contributed by atoms with Crippen molar-refractivity contribution >= 4 is 0 Å². The van der Waals surface area contributed by atoms with E-state index in [4.69, 9.17) is 4.74 Å². The van der Waals surface area contributed by atoms with Crippen molar-refractivity contribution in [1.82, 2.24) is 5.32 Å². The predicted octanol–water partition coefficient (Wildman–Crippen LogP) is 2.48. The van der Waals surface area contributed by atoms with Gasteiger partial charge in [0.15, 0.2) is 0 Å². The van der Waals surface area contributed by atoms with Crippen LogP contribution in [0.25, 0.3) is 0 Å². The van der Waals surface area contributed by atoms with E-state index in [2.05, 4.69) is 23.5 Å². The van der Waals surface area contributed by atoms with Gasteiger partial charge in [-0.1, -0.05) is 6.08 Å². The van der Waals surface area contributed by atoms with Crippen LogP contribution in [0, 0.1) is 5.92 Å². The monoisotopic (exact) mass is 195 g/mol. The Morgan fingerprint density at radius 3 is 3.21 bits per heavy atom. The minimum Gasteiger partial charge on any atom is -0.494 e. The summed E-state index contributed by atoms with van der Waals surface area (Å²) in [6, 6.07) is 0. The summed E-state index contributed by atoms with van der Waals surface area (Å²) >= 11 is 0. The average Bonchev–Trinajstić information content (AvgIpc) is 2.29. The Morgan fingerprint density at radius 1 is 1.50 bits per heavy atom. The molecule has 0 aromatic carbocycles. The summed E-state index contributed by atoms with van der Waals surface area (Å²) in [5.41, 5.74) is 0. The highest BCUT2D eigenvalue weighted by Crippen LogP contribution is 2.15. The van der Waals surface area contributed by atoms with Crippen molar-refractivity contribution in [3.63, 3.8) is 0 Å². The molecule has 1 N–H and O–H groups in total. The highest BCUT2D eigenvalue weighted by molar-refractivity contribution is 5.15. The molecule has 0 bridgehead atoms. The molecule has 1 fully saturated rings. The van der Waals surface area contributed by atoms with Gasteiger partial charge in [0.05, 0.1) is 6.61 Å². The molecule has 0 aromatic rings. The van der Waals surface area contributed by atoms with Crippen molar-refractivity contribution in [3.8, 4) is 0 Å². The Kier molecular flexibility index (Phi) is 3.64. The van der Waals surface area contributed by atoms with Gasteiger partial charge in [-0.05, 0) is 44.4 Å². The maximum absolute atomic E-state index is 5.76. The standard InChI is InChI=1S/C12H19NO.H2/c1-2-6-12(7-3-1)14-10-11-5-4-8-13-9-11;/h2,6-7,11,13H,1,3-5,8-10H2;1H. The average molecular weight is 195 g/mol. The van der Waals surface area contributed by atoms with E-state index in [0.717, 1.165) is 31.8 Å². The summed E-state index contributed by atoms with van der Waals surface area (Å²) in [5.74, 6) is 1.78. The van der Waals surface area contributed by atoms with Gasteiger partial charge >= 0.3 is 0 Å². The van der Waals surface area contributed by atoms with Crippen molar-refractivity contribution < 1.29 is 6.16 Å². The maximum Gasteiger partial charge on any atom is 0.115 e. The van der Waals surface area contributed by atoms with Crippen LogP contribution in [0.1, 0.15) is 27.1 Å². The summed E-state index contributed by atoms with van der Waals surface area (Å²) in [5, 5.41) is 3.41. The van der Waals surface area contributed by atoms with Gasteiger partial charge in [-0.2, -0.15) is 0 Å². The first-order chi connectivity index (χ1) is 6.95. The largest absolute Gasteiger partial charge is 0.494 e. The Bertz CT molecular complexity index is 232. The molecule has 2 nitrogen and oxygen atoms in total. The highest BCUT2D eigenvalue weighted by atomic mass is 16.5. The van der Waals surface area contributed by atoms with Gasteiger partial charge in [-0.25, -0.2) is 0 Å². The van der Waals surface area contributed by atoms with Gasteiger partial charge in [-0.3, -0.25) is 0 Å². The van der Waals surface area contributed by atoms with E-state index in [1.807, 2.05) is 0 Å². The van der Waals surface area contributed by atoms with Crippen LogP contribution in [0.3, 0.4) is 0 Å². The molecule has 0 amide bonds. The number of ether oxygens (including phenoxy) is 1. The lowest BCUT2D eigenvalue weighted by Crippen LogP contribution is -2.32. The lowest BCUT2D eigenvalue weighted by atomic mass is 10.0. The van der Waals surface area contributed by atoms with Gasteiger partial charge in [0.25, 0.3) is 0 Å². The van der Waals surface area contributed by atoms with Crippen LogP contribution in [0.4, 0.5) is 0 Å². The summed E-state index contributed by atoms with van der Waals surface area (Å²) in [4.78, 5) is 0. The zero-order valence-corrected chi connectivity index (χ0v) is 8.67. The third-order valence-corrected chi connectivity index (χ3v) is 2.85. The molecule has 2 heteroatoms. The van der Waals surface area contributed by atoms with Crippen LogP contribution in [-0.2, 0) is 4.74 Å². The van der Waals surface area contributed by atoms with Crippen LogP contribution in [0.2, 0.25) is 0 Å². The number of piperidine rings is 1. The molecule has 1 aliphatic heterocycles. The molecule has 0 saturated carbocycles. The van der Waals surface area contributed by atoms with Crippen LogP contribution >= 0.6 is 0 Å². The predicted molar refractivity (Wildman–Crippen MR) is 60.1 cm³/mol. The molecule has 1 unspecified atom stereocenters. The quantitative estimate of drug-likeness (QED) is 0.747. The van der Waals surface area contributed by atoms with E-state index in [9.17, 15) is 0 Å². The number of nitrogens with one attached hydrogen (secondary N) is 1. The fourth-order valence-corrected chi connectivity index (χ4v) is 1.98. The van der Waals surface area contributed by atoms with Crippen molar-refractivity contribution in [3.05, 3.63) is 24.0 Å². The Hall–Kier alpha value is -0.760. The third-order valence-electron chi connectivity index (χ3n) is 2.85. The Morgan fingerprint density at radius 2 is 2.50 bits per heavy atom. The minimum atomic E-state index is 0. The van der Waals surface area contributed by atoms with Gasteiger partial charge in [0.2, 0.25) is 0 Å². The van der Waals surface area contributed by atoms with Crippen molar-refractivity contribution in [2.75, 3.05) is 19.7 Å². The van der Waals surface area contributed by atoms with E-state index in [0.29, 0.717) is 5.92 Å². The third kappa shape index (κ3) is 2.88. The van der Waals surface area contributed by atoms with Crippen LogP contribution < -0.4 is 5.32 Å². The lowest BCUT2D eigenvalue weighted by molar-refractivity contribution is 0.155. The van der Waals surface area contributed by atoms with Crippen molar-refractivity contribution in [1.29, 1.82) is 0 Å². The number of allylic oxidation sites excluding steroid dienone is 3. The lowest BCUT2D eigenvalue weighted by Gasteiger charge is -2.23. The first kappa shape index (κ1) is 9.78. The second-order valence-corrected chi connectivity index (χ2v) is 4.11. The van der Waals surface area contributed by atoms with E-state index >= 15 is 0 Å². The molecule has 0 aromatic heterocycles. The summed E-state index contributed by atoms with van der Waals surface area (Å²) < 4.78 is 5.76. The molecule has 1 heterocycles. The molecule has 0 radical (unpaired) electrons. The second kappa shape index (κ2) is 5.20. The molecule has 80 valence electrons. The van der Waals surface area contributed by atoms with Crippen molar-refractivity contribution in [2.45, 2.75) is 25.7 Å². The topological polar surface area (TPSA) is 21.3 Å². The van der Waals surface area contributed by atoms with E-state index in [-0.39, 0.29) is 1.43 Å². The van der Waals surface area contributed by atoms with Crippen LogP contribution in [0.5, 0.6) is 0 Å². The fourth-order valence-electron chi connectivity index (χ4n) is 1.98. The molecule has 2 aliphatic rings. The van der Waals surface area contributed by atoms with Gasteiger partial charge in [0, 0.05) is 13.9 Å². The molecular formula is C12H21NO. The molecular weight excluding hydrogens is 174 g/mol. The second-order valence-electron chi connectivity index (χ2n) is 4.11. The fraction of sp³-hybridized carbons (Fsp3) is 0.667. The van der Waals surface area contributed by atoms with Gasteiger partial charge in [0.1, 0.15) is 5.76 Å². The molecule has 1 aliphatic carbocycles. The number of hydrogen-bond donors (Lipinski definition) is 1. The van der Waals surface area contributed by atoms with Crippen LogP contribution in [-0.4, -0.2) is 19.7 Å². The minimum absolute atomic E-state index is 0. The Labute approximate surface area is 87.5 Å². The molecule has 0 spiro atoms. The molecule has 1 saturated heterocycles. The highest BCUT2D eigenvalue weighted by Gasteiger charge is 2.13. The van der Waals surface area contributed by atoms with E-state index in [1.54, 1.807) is 0 Å². The number of rotatable bonds is 3. The summed E-state index contributed by atoms with van der Waals surface area (Å²) in [7, 11) is 0. The van der Waals surface area contributed by atoms with E-state index in [1.165, 1.54) is 19.4 Å². The molecule has 2 rings (SSSR count). The van der Waals surface area contributed by atoms with Crippen molar-refractivity contribution in [2.24, 2.45) is 5.92 Å². The van der Waals surface area contributed by atoms with Gasteiger partial charge in [-0.15, -0.1) is 0 Å². The molecule has 1 atom stereocenters.